The molecule has 2 heterocycles. The van der Waals surface area contributed by atoms with E-state index in [-0.39, 0.29) is 5.75 Å². The van der Waals surface area contributed by atoms with Crippen molar-refractivity contribution in [1.29, 1.82) is 0 Å². The smallest absolute Gasteiger partial charge is 0.269 e. The number of pyridine rings is 1. The van der Waals surface area contributed by atoms with Crippen LogP contribution in [0, 0.1) is 5.82 Å². The van der Waals surface area contributed by atoms with E-state index in [0.717, 1.165) is 0 Å². The number of benzene rings is 2. The Morgan fingerprint density at radius 2 is 1.88 bits per heavy atom. The summed E-state index contributed by atoms with van der Waals surface area (Å²) in [6, 6.07) is 12.3. The maximum absolute atomic E-state index is 14.3. The van der Waals surface area contributed by atoms with Gasteiger partial charge in [0.15, 0.2) is 23.1 Å². The molecule has 0 aliphatic carbocycles. The van der Waals surface area contributed by atoms with Gasteiger partial charge in [-0.2, -0.15) is 0 Å². The molecule has 2 amide bonds. The fraction of sp³-hybridized carbons (Fsp3) is 0.0870. The Hall–Kier alpha value is -4.40. The number of hydrogen-bond acceptors (Lipinski definition) is 6. The molecular formula is C23H18FN3O5. The first-order chi connectivity index (χ1) is 15.6. The highest BCUT2D eigenvalue weighted by Gasteiger charge is 2.15. The molecular weight excluding hydrogens is 417 g/mol. The molecule has 1 aromatic heterocycles. The van der Waals surface area contributed by atoms with Gasteiger partial charge in [-0.1, -0.05) is 6.07 Å². The number of amides is 2. The number of nitrogens with one attached hydrogen (secondary N) is 2. The zero-order valence-corrected chi connectivity index (χ0v) is 16.7. The van der Waals surface area contributed by atoms with E-state index < -0.39 is 17.6 Å². The zero-order chi connectivity index (χ0) is 22.3. The average molecular weight is 435 g/mol. The number of hydrogen-bond donors (Lipinski definition) is 2. The van der Waals surface area contributed by atoms with Gasteiger partial charge in [0.1, 0.15) is 19.0 Å². The molecule has 4 rings (SSSR count). The number of fused-ring (bicyclic) bond motifs is 1. The maximum atomic E-state index is 14.3. The van der Waals surface area contributed by atoms with Crippen LogP contribution in [0.4, 0.5) is 4.39 Å². The largest absolute Gasteiger partial charge is 0.486 e. The maximum Gasteiger partial charge on any atom is 0.269 e. The van der Waals surface area contributed by atoms with Crippen molar-refractivity contribution < 1.29 is 28.2 Å². The van der Waals surface area contributed by atoms with E-state index in [1.165, 1.54) is 36.5 Å². The molecule has 162 valence electrons. The Morgan fingerprint density at radius 3 is 2.66 bits per heavy atom. The van der Waals surface area contributed by atoms with Gasteiger partial charge in [-0.25, -0.2) is 4.39 Å². The second-order valence-electron chi connectivity index (χ2n) is 6.62. The number of ether oxygens (including phenoxy) is 3. The summed E-state index contributed by atoms with van der Waals surface area (Å²) in [5, 5.41) is 0. The second kappa shape index (κ2) is 9.61. The summed E-state index contributed by atoms with van der Waals surface area (Å²) in [5.74, 6) is -0.243. The lowest BCUT2D eigenvalue weighted by Crippen LogP contribution is -2.40. The normalized spacial score (nSPS) is 12.3. The molecule has 2 aromatic carbocycles. The van der Waals surface area contributed by atoms with Crippen LogP contribution in [-0.4, -0.2) is 30.0 Å². The van der Waals surface area contributed by atoms with E-state index >= 15 is 0 Å². The highest BCUT2D eigenvalue weighted by Crippen LogP contribution is 2.30. The lowest BCUT2D eigenvalue weighted by molar-refractivity contribution is -0.117. The van der Waals surface area contributed by atoms with Crippen LogP contribution in [0.1, 0.15) is 15.9 Å². The summed E-state index contributed by atoms with van der Waals surface area (Å²) in [7, 11) is 0. The van der Waals surface area contributed by atoms with Crippen LogP contribution in [0.15, 0.2) is 67.0 Å². The Bertz CT molecular complexity index is 1170. The van der Waals surface area contributed by atoms with Gasteiger partial charge < -0.3 is 14.2 Å². The number of nitrogens with zero attached hydrogens (tertiary/aromatic N) is 1. The minimum absolute atomic E-state index is 0.0336. The number of hydrazine groups is 1. The SMILES string of the molecule is O=C(/C=C/c1ccc(Oc2cccnc2)c(F)c1)NNC(=O)c1ccc2c(c1)OCCO2. The molecule has 3 aromatic rings. The first kappa shape index (κ1) is 20.9. The summed E-state index contributed by atoms with van der Waals surface area (Å²) in [6.45, 7) is 0.849. The fourth-order valence-electron chi connectivity index (χ4n) is 2.83. The lowest BCUT2D eigenvalue weighted by atomic mass is 10.2. The number of halogens is 1. The molecule has 1 aliphatic rings. The second-order valence-corrected chi connectivity index (χ2v) is 6.62. The van der Waals surface area contributed by atoms with E-state index in [0.29, 0.717) is 41.6 Å². The summed E-state index contributed by atoms with van der Waals surface area (Å²) < 4.78 is 30.5. The molecule has 0 spiro atoms. The number of rotatable bonds is 5. The Morgan fingerprint density at radius 1 is 1.03 bits per heavy atom. The van der Waals surface area contributed by atoms with E-state index in [9.17, 15) is 14.0 Å². The summed E-state index contributed by atoms with van der Waals surface area (Å²) >= 11 is 0. The van der Waals surface area contributed by atoms with Gasteiger partial charge in [0.2, 0.25) is 0 Å². The van der Waals surface area contributed by atoms with Gasteiger partial charge in [-0.15, -0.1) is 0 Å². The molecule has 0 saturated carbocycles. The van der Waals surface area contributed by atoms with Crippen molar-refractivity contribution in [2.24, 2.45) is 0 Å². The minimum Gasteiger partial charge on any atom is -0.486 e. The first-order valence-corrected chi connectivity index (χ1v) is 9.64. The average Bonchev–Trinajstić information content (AvgIpc) is 2.83. The van der Waals surface area contributed by atoms with Crippen LogP contribution in [0.3, 0.4) is 0 Å². The van der Waals surface area contributed by atoms with E-state index in [1.54, 1.807) is 36.5 Å². The van der Waals surface area contributed by atoms with Crippen molar-refractivity contribution in [2.45, 2.75) is 0 Å². The highest BCUT2D eigenvalue weighted by molar-refractivity contribution is 5.98. The molecule has 2 N–H and O–H groups in total. The van der Waals surface area contributed by atoms with Crippen molar-refractivity contribution in [3.63, 3.8) is 0 Å². The van der Waals surface area contributed by atoms with Gasteiger partial charge in [-0.05, 0) is 54.1 Å². The lowest BCUT2D eigenvalue weighted by Gasteiger charge is -2.18. The van der Waals surface area contributed by atoms with Crippen LogP contribution < -0.4 is 25.1 Å². The third kappa shape index (κ3) is 5.20. The summed E-state index contributed by atoms with van der Waals surface area (Å²) in [5.41, 5.74) is 5.31. The molecule has 1 aliphatic heterocycles. The predicted octanol–water partition coefficient (Wildman–Crippen LogP) is 3.26. The van der Waals surface area contributed by atoms with Gasteiger partial charge >= 0.3 is 0 Å². The van der Waals surface area contributed by atoms with Crippen molar-refractivity contribution in [3.8, 4) is 23.0 Å². The fourth-order valence-corrected chi connectivity index (χ4v) is 2.83. The van der Waals surface area contributed by atoms with Crippen molar-refractivity contribution in [3.05, 3.63) is 83.9 Å². The van der Waals surface area contributed by atoms with Crippen LogP contribution in [0.2, 0.25) is 0 Å². The van der Waals surface area contributed by atoms with Crippen LogP contribution in [0.25, 0.3) is 6.08 Å². The molecule has 0 bridgehead atoms. The van der Waals surface area contributed by atoms with Crippen molar-refractivity contribution in [2.75, 3.05) is 13.2 Å². The Kier molecular flexibility index (Phi) is 6.26. The summed E-state index contributed by atoms with van der Waals surface area (Å²) in [4.78, 5) is 28.1. The van der Waals surface area contributed by atoms with E-state index in [2.05, 4.69) is 15.8 Å². The van der Waals surface area contributed by atoms with Crippen LogP contribution >= 0.6 is 0 Å². The Labute approximate surface area is 182 Å². The standard InChI is InChI=1S/C23H18FN3O5/c24-18-12-15(3-6-19(18)32-17-2-1-9-25-14-17)4-8-22(28)26-27-23(29)16-5-7-20-21(13-16)31-11-10-30-20/h1-9,12-14H,10-11H2,(H,26,28)(H,27,29)/b8-4+. The van der Waals surface area contributed by atoms with Crippen LogP contribution in [0.5, 0.6) is 23.0 Å². The molecule has 0 fully saturated rings. The number of aromatic nitrogens is 1. The van der Waals surface area contributed by atoms with Gasteiger partial charge in [-0.3, -0.25) is 25.4 Å². The van der Waals surface area contributed by atoms with Crippen molar-refractivity contribution in [1.82, 2.24) is 15.8 Å². The minimum atomic E-state index is -0.594. The molecule has 0 radical (unpaired) electrons. The van der Waals surface area contributed by atoms with Crippen molar-refractivity contribution >= 4 is 17.9 Å². The molecule has 32 heavy (non-hydrogen) atoms. The third-order valence-electron chi connectivity index (χ3n) is 4.35. The quantitative estimate of drug-likeness (QED) is 0.472. The van der Waals surface area contributed by atoms with E-state index in [4.69, 9.17) is 14.2 Å². The van der Waals surface area contributed by atoms with Crippen LogP contribution in [-0.2, 0) is 4.79 Å². The van der Waals surface area contributed by atoms with Gasteiger partial charge in [0.25, 0.3) is 11.8 Å². The summed E-state index contributed by atoms with van der Waals surface area (Å²) in [6.07, 6.45) is 5.63. The first-order valence-electron chi connectivity index (χ1n) is 9.64. The predicted molar refractivity (Wildman–Crippen MR) is 113 cm³/mol. The molecule has 0 atom stereocenters. The molecule has 9 heteroatoms. The number of carbonyl (C=O) groups excluding carboxylic acids is 2. The third-order valence-corrected chi connectivity index (χ3v) is 4.35. The highest BCUT2D eigenvalue weighted by atomic mass is 19.1. The molecule has 0 unspecified atom stereocenters. The molecule has 0 saturated heterocycles. The topological polar surface area (TPSA) is 98.8 Å². The molecule has 8 nitrogen and oxygen atoms in total. The zero-order valence-electron chi connectivity index (χ0n) is 16.7. The van der Waals surface area contributed by atoms with Gasteiger partial charge in [0, 0.05) is 17.8 Å². The monoisotopic (exact) mass is 435 g/mol. The van der Waals surface area contributed by atoms with Gasteiger partial charge in [0.05, 0.1) is 6.20 Å². The Balaban J connectivity index is 1.31. The van der Waals surface area contributed by atoms with E-state index in [1.807, 2.05) is 0 Å². The number of carbonyl (C=O) groups is 2.